The van der Waals surface area contributed by atoms with Gasteiger partial charge in [-0.15, -0.1) is 0 Å². The molecule has 0 aromatic heterocycles. The Kier molecular flexibility index (Phi) is 9.56. The zero-order valence-corrected chi connectivity index (χ0v) is 11.3. The normalized spacial score (nSPS) is 11.1. The van der Waals surface area contributed by atoms with E-state index in [9.17, 15) is 9.59 Å². The van der Waals surface area contributed by atoms with Crippen molar-refractivity contribution < 1.29 is 14.7 Å². The molecular weight excluding hydrogens is 268 g/mol. The van der Waals surface area contributed by atoms with Crippen LogP contribution in [0.1, 0.15) is 12.8 Å². The van der Waals surface area contributed by atoms with Gasteiger partial charge in [-0.1, -0.05) is 18.1 Å². The first-order valence-corrected chi connectivity index (χ1v) is 6.10. The minimum Gasteiger partial charge on any atom is -0.395 e. The second-order valence-electron chi connectivity index (χ2n) is 3.58. The molecule has 2 amide bonds. The van der Waals surface area contributed by atoms with E-state index in [-0.39, 0.29) is 11.6 Å². The van der Waals surface area contributed by atoms with Crippen LogP contribution >= 0.6 is 12.2 Å². The molecule has 1 unspecified atom stereocenters. The zero-order chi connectivity index (χ0) is 14.7. The second kappa shape index (κ2) is 10.4. The number of nitrogens with one attached hydrogen (secondary N) is 2. The lowest BCUT2D eigenvalue weighted by Crippen LogP contribution is -2.49. The van der Waals surface area contributed by atoms with Crippen LogP contribution in [0, 0.1) is 11.8 Å². The molecule has 0 heterocycles. The molecule has 0 fully saturated rings. The van der Waals surface area contributed by atoms with Gasteiger partial charge in [-0.2, -0.15) is 0 Å². The summed E-state index contributed by atoms with van der Waals surface area (Å²) in [5, 5.41) is 13.7. The van der Waals surface area contributed by atoms with Gasteiger partial charge in [-0.05, 0) is 18.9 Å². The third-order valence-corrected chi connectivity index (χ3v) is 2.33. The molecule has 1 atom stereocenters. The summed E-state index contributed by atoms with van der Waals surface area (Å²) in [4.78, 5) is 21.9. The van der Waals surface area contributed by atoms with Gasteiger partial charge in [0.15, 0.2) is 0 Å². The monoisotopic (exact) mass is 286 g/mol. The highest BCUT2D eigenvalue weighted by molar-refractivity contribution is 7.80. The summed E-state index contributed by atoms with van der Waals surface area (Å²) >= 11 is 4.72. The molecule has 0 aromatic rings. The maximum atomic E-state index is 11.3. The number of thiocarbonyl (C=S) groups is 1. The molecular formula is C11H18N4O3S. The van der Waals surface area contributed by atoms with E-state index in [2.05, 4.69) is 22.5 Å². The Labute approximate surface area is 117 Å². The number of unbranched alkanes of at least 4 members (excludes halogenated alkanes) is 1. The van der Waals surface area contributed by atoms with Crippen molar-refractivity contribution in [2.24, 2.45) is 11.5 Å². The number of nitrogens with two attached hydrogens (primary N) is 2. The van der Waals surface area contributed by atoms with Crippen LogP contribution in [0.2, 0.25) is 0 Å². The first-order chi connectivity index (χ1) is 8.99. The summed E-state index contributed by atoms with van der Waals surface area (Å²) in [6.07, 6.45) is 1.28. The van der Waals surface area contributed by atoms with Gasteiger partial charge in [-0.25, -0.2) is 0 Å². The fourth-order valence-corrected chi connectivity index (χ4v) is 1.21. The highest BCUT2D eigenvalue weighted by Gasteiger charge is 2.16. The first kappa shape index (κ1) is 17.5. The minimum atomic E-state index is -1.19. The summed E-state index contributed by atoms with van der Waals surface area (Å²) in [5.41, 5.74) is 10.3. The fourth-order valence-electron chi connectivity index (χ4n) is 0.999. The van der Waals surface area contributed by atoms with Crippen LogP contribution in [0.3, 0.4) is 0 Å². The van der Waals surface area contributed by atoms with Crippen LogP contribution in [0.4, 0.5) is 0 Å². The number of rotatable bonds is 7. The highest BCUT2D eigenvalue weighted by Crippen LogP contribution is 1.84. The molecule has 0 radical (unpaired) electrons. The van der Waals surface area contributed by atoms with Crippen molar-refractivity contribution in [1.82, 2.24) is 10.6 Å². The Bertz CT molecular complexity index is 389. The van der Waals surface area contributed by atoms with E-state index in [0.29, 0.717) is 19.5 Å². The number of amides is 2. The number of hydrogen-bond donors (Lipinski definition) is 5. The third-order valence-electron chi connectivity index (χ3n) is 1.97. The molecule has 0 bridgehead atoms. The molecule has 0 rings (SSSR count). The lowest BCUT2D eigenvalue weighted by Gasteiger charge is -2.08. The SMILES string of the molecule is NC(=O)C(N)C(=S)NC(=O)C#CCCCNCCO. The molecule has 106 valence electrons. The third kappa shape index (κ3) is 9.10. The molecule has 0 aliphatic carbocycles. The fraction of sp³-hybridized carbons (Fsp3) is 0.545. The van der Waals surface area contributed by atoms with Crippen molar-refractivity contribution in [3.63, 3.8) is 0 Å². The topological polar surface area (TPSA) is 130 Å². The van der Waals surface area contributed by atoms with E-state index >= 15 is 0 Å². The summed E-state index contributed by atoms with van der Waals surface area (Å²) < 4.78 is 0. The summed E-state index contributed by atoms with van der Waals surface area (Å²) in [5.74, 6) is 3.55. The molecule has 7 N–H and O–H groups in total. The van der Waals surface area contributed by atoms with Gasteiger partial charge in [-0.3, -0.25) is 9.59 Å². The average molecular weight is 286 g/mol. The van der Waals surface area contributed by atoms with Crippen LogP contribution in [-0.4, -0.2) is 47.6 Å². The predicted molar refractivity (Wildman–Crippen MR) is 74.9 cm³/mol. The van der Waals surface area contributed by atoms with Gasteiger partial charge in [0.05, 0.1) is 6.61 Å². The number of carbonyl (C=O) groups excluding carboxylic acids is 2. The molecule has 0 saturated carbocycles. The van der Waals surface area contributed by atoms with Crippen molar-refractivity contribution in [2.45, 2.75) is 18.9 Å². The molecule has 0 aliphatic rings. The Morgan fingerprint density at radius 3 is 2.63 bits per heavy atom. The predicted octanol–water partition coefficient (Wildman–Crippen LogP) is -2.39. The van der Waals surface area contributed by atoms with E-state index in [1.165, 1.54) is 0 Å². The number of aliphatic hydroxyl groups excluding tert-OH is 1. The Morgan fingerprint density at radius 2 is 2.05 bits per heavy atom. The van der Waals surface area contributed by atoms with Gasteiger partial charge in [0.1, 0.15) is 11.0 Å². The van der Waals surface area contributed by atoms with Crippen LogP contribution < -0.4 is 22.1 Å². The Morgan fingerprint density at radius 1 is 1.37 bits per heavy atom. The Balaban J connectivity index is 3.86. The summed E-state index contributed by atoms with van der Waals surface area (Å²) in [7, 11) is 0. The number of carbonyl (C=O) groups is 2. The van der Waals surface area contributed by atoms with Crippen molar-refractivity contribution in [3.8, 4) is 11.8 Å². The lowest BCUT2D eigenvalue weighted by atomic mass is 10.3. The van der Waals surface area contributed by atoms with E-state index in [1.807, 2.05) is 0 Å². The summed E-state index contributed by atoms with van der Waals surface area (Å²) in [6, 6.07) is -1.19. The molecule has 0 saturated heterocycles. The van der Waals surface area contributed by atoms with Crippen LogP contribution in [0.15, 0.2) is 0 Å². The Hall–Kier alpha value is -1.53. The quantitative estimate of drug-likeness (QED) is 0.202. The standard InChI is InChI=1S/C11H18N4O3S/c12-9(10(13)18)11(19)15-8(17)4-2-1-3-5-14-6-7-16/h9,14,16H,1,3,5-7,12H2,(H2,13,18)(H,15,17,19). The van der Waals surface area contributed by atoms with Crippen molar-refractivity contribution in [2.75, 3.05) is 19.7 Å². The second-order valence-corrected chi connectivity index (χ2v) is 4.02. The van der Waals surface area contributed by atoms with Gasteiger partial charge in [0.2, 0.25) is 5.91 Å². The maximum Gasteiger partial charge on any atom is 0.300 e. The lowest BCUT2D eigenvalue weighted by molar-refractivity contribution is -0.117. The summed E-state index contributed by atoms with van der Waals surface area (Å²) in [6.45, 7) is 1.33. The van der Waals surface area contributed by atoms with E-state index in [1.54, 1.807) is 0 Å². The molecule has 0 spiro atoms. The largest absolute Gasteiger partial charge is 0.395 e. The van der Waals surface area contributed by atoms with Crippen molar-refractivity contribution in [1.29, 1.82) is 0 Å². The molecule has 7 nitrogen and oxygen atoms in total. The van der Waals surface area contributed by atoms with Crippen LogP contribution in [0.25, 0.3) is 0 Å². The van der Waals surface area contributed by atoms with Crippen molar-refractivity contribution in [3.05, 3.63) is 0 Å². The van der Waals surface area contributed by atoms with E-state index in [0.717, 1.165) is 6.42 Å². The van der Waals surface area contributed by atoms with Crippen LogP contribution in [-0.2, 0) is 9.59 Å². The van der Waals surface area contributed by atoms with Gasteiger partial charge < -0.3 is 27.2 Å². The highest BCUT2D eigenvalue weighted by atomic mass is 32.1. The molecule has 0 aromatic carbocycles. The van der Waals surface area contributed by atoms with Crippen molar-refractivity contribution >= 4 is 29.0 Å². The van der Waals surface area contributed by atoms with Gasteiger partial charge in [0.25, 0.3) is 0 Å². The average Bonchev–Trinajstić information content (AvgIpc) is 2.36. The smallest absolute Gasteiger partial charge is 0.300 e. The maximum absolute atomic E-state index is 11.3. The van der Waals surface area contributed by atoms with Crippen LogP contribution in [0.5, 0.6) is 0 Å². The minimum absolute atomic E-state index is 0.0889. The number of primary amides is 1. The zero-order valence-electron chi connectivity index (χ0n) is 10.4. The molecule has 19 heavy (non-hydrogen) atoms. The van der Waals surface area contributed by atoms with Gasteiger partial charge in [0, 0.05) is 13.0 Å². The number of aliphatic hydroxyl groups is 1. The van der Waals surface area contributed by atoms with E-state index in [4.69, 9.17) is 28.8 Å². The van der Waals surface area contributed by atoms with Gasteiger partial charge >= 0.3 is 5.91 Å². The molecule has 0 aliphatic heterocycles. The first-order valence-electron chi connectivity index (χ1n) is 5.69. The number of hydrogen-bond acceptors (Lipinski definition) is 6. The molecule has 8 heteroatoms. The van der Waals surface area contributed by atoms with E-state index < -0.39 is 17.9 Å².